The Hall–Kier alpha value is -1.55. The van der Waals surface area contributed by atoms with Crippen molar-refractivity contribution >= 4 is 17.3 Å². The molecule has 0 aliphatic heterocycles. The van der Waals surface area contributed by atoms with Gasteiger partial charge in [0.05, 0.1) is 12.2 Å². The second-order valence-electron chi connectivity index (χ2n) is 3.17. The first kappa shape index (κ1) is 9.98. The molecular formula is C10H11ClN4. The lowest BCUT2D eigenvalue weighted by molar-refractivity contribution is 0.720. The van der Waals surface area contributed by atoms with Crippen LogP contribution in [0.5, 0.6) is 0 Å². The van der Waals surface area contributed by atoms with Gasteiger partial charge in [-0.1, -0.05) is 11.6 Å². The number of nitrogens with one attached hydrogen (secondary N) is 1. The van der Waals surface area contributed by atoms with Crippen molar-refractivity contribution in [3.63, 3.8) is 0 Å². The average Bonchev–Trinajstić information content (AvgIpc) is 2.61. The molecule has 0 atom stereocenters. The third kappa shape index (κ3) is 2.47. The number of anilines is 1. The zero-order valence-electron chi connectivity index (χ0n) is 8.31. The Morgan fingerprint density at radius 2 is 2.27 bits per heavy atom. The highest BCUT2D eigenvalue weighted by Crippen LogP contribution is 2.12. The Morgan fingerprint density at radius 1 is 1.40 bits per heavy atom. The van der Waals surface area contributed by atoms with Gasteiger partial charge in [0, 0.05) is 25.1 Å². The van der Waals surface area contributed by atoms with Crippen molar-refractivity contribution in [1.29, 1.82) is 0 Å². The van der Waals surface area contributed by atoms with Crippen LogP contribution in [0.1, 0.15) is 5.69 Å². The standard InChI is InChI=1S/C10H11ClN4/c1-15-9(3-5-14-15)7-13-8-2-4-12-10(11)6-8/h2-6H,7H2,1H3,(H,12,13). The van der Waals surface area contributed by atoms with E-state index < -0.39 is 0 Å². The maximum Gasteiger partial charge on any atom is 0.131 e. The SMILES string of the molecule is Cn1nccc1CNc1ccnc(Cl)c1. The quantitative estimate of drug-likeness (QED) is 0.809. The molecule has 2 aromatic heterocycles. The van der Waals surface area contributed by atoms with Crippen LogP contribution >= 0.6 is 11.6 Å². The fraction of sp³-hybridized carbons (Fsp3) is 0.200. The maximum atomic E-state index is 5.77. The number of rotatable bonds is 3. The number of aromatic nitrogens is 3. The molecule has 0 aliphatic rings. The van der Waals surface area contributed by atoms with Crippen LogP contribution < -0.4 is 5.32 Å². The molecule has 0 aromatic carbocycles. The largest absolute Gasteiger partial charge is 0.379 e. The second-order valence-corrected chi connectivity index (χ2v) is 3.55. The summed E-state index contributed by atoms with van der Waals surface area (Å²) in [7, 11) is 1.91. The number of pyridine rings is 1. The summed E-state index contributed by atoms with van der Waals surface area (Å²) in [5.41, 5.74) is 2.07. The van der Waals surface area contributed by atoms with Gasteiger partial charge in [-0.25, -0.2) is 4.98 Å². The predicted octanol–water partition coefficient (Wildman–Crippen LogP) is 2.08. The van der Waals surface area contributed by atoms with Crippen molar-refractivity contribution in [2.45, 2.75) is 6.54 Å². The Labute approximate surface area is 92.9 Å². The number of hydrogen-bond acceptors (Lipinski definition) is 3. The molecule has 2 aromatic rings. The first-order chi connectivity index (χ1) is 7.25. The van der Waals surface area contributed by atoms with Crippen LogP contribution in [-0.2, 0) is 13.6 Å². The molecule has 0 saturated heterocycles. The molecule has 0 radical (unpaired) electrons. The molecule has 0 fully saturated rings. The smallest absolute Gasteiger partial charge is 0.131 e. The van der Waals surface area contributed by atoms with Crippen LogP contribution in [0.2, 0.25) is 5.15 Å². The van der Waals surface area contributed by atoms with E-state index in [0.29, 0.717) is 5.15 Å². The average molecular weight is 223 g/mol. The minimum Gasteiger partial charge on any atom is -0.379 e. The fourth-order valence-corrected chi connectivity index (χ4v) is 1.45. The Morgan fingerprint density at radius 3 is 2.93 bits per heavy atom. The van der Waals surface area contributed by atoms with Gasteiger partial charge < -0.3 is 5.32 Å². The lowest BCUT2D eigenvalue weighted by Gasteiger charge is -2.06. The molecule has 1 N–H and O–H groups in total. The number of halogens is 1. The molecule has 5 heteroatoms. The van der Waals surface area contributed by atoms with Gasteiger partial charge in [0.1, 0.15) is 5.15 Å². The van der Waals surface area contributed by atoms with Gasteiger partial charge in [0.25, 0.3) is 0 Å². The van der Waals surface area contributed by atoms with Gasteiger partial charge in [-0.05, 0) is 18.2 Å². The molecule has 0 bridgehead atoms. The lowest BCUT2D eigenvalue weighted by Crippen LogP contribution is -2.05. The first-order valence-electron chi connectivity index (χ1n) is 4.58. The highest BCUT2D eigenvalue weighted by molar-refractivity contribution is 6.29. The van der Waals surface area contributed by atoms with Crippen molar-refractivity contribution in [3.8, 4) is 0 Å². The van der Waals surface area contributed by atoms with Crippen LogP contribution in [0.3, 0.4) is 0 Å². The minimum atomic E-state index is 0.491. The molecule has 0 spiro atoms. The number of nitrogens with zero attached hydrogens (tertiary/aromatic N) is 3. The summed E-state index contributed by atoms with van der Waals surface area (Å²) in [6.07, 6.45) is 3.45. The maximum absolute atomic E-state index is 5.77. The zero-order valence-corrected chi connectivity index (χ0v) is 9.07. The second kappa shape index (κ2) is 4.31. The molecule has 15 heavy (non-hydrogen) atoms. The van der Waals surface area contributed by atoms with Crippen molar-refractivity contribution in [2.24, 2.45) is 7.05 Å². The molecular weight excluding hydrogens is 212 g/mol. The summed E-state index contributed by atoms with van der Waals surface area (Å²) in [5, 5.41) is 7.82. The Kier molecular flexibility index (Phi) is 2.87. The Bertz CT molecular complexity index is 452. The van der Waals surface area contributed by atoms with Gasteiger partial charge in [-0.15, -0.1) is 0 Å². The summed E-state index contributed by atoms with van der Waals surface area (Å²) in [4.78, 5) is 3.91. The molecule has 78 valence electrons. The molecule has 4 nitrogen and oxygen atoms in total. The topological polar surface area (TPSA) is 42.7 Å². The van der Waals surface area contributed by atoms with Gasteiger partial charge in [-0.3, -0.25) is 4.68 Å². The van der Waals surface area contributed by atoms with Crippen molar-refractivity contribution in [2.75, 3.05) is 5.32 Å². The summed E-state index contributed by atoms with van der Waals surface area (Å²) >= 11 is 5.77. The monoisotopic (exact) mass is 222 g/mol. The molecule has 2 rings (SSSR count). The van der Waals surface area contributed by atoms with Crippen molar-refractivity contribution in [1.82, 2.24) is 14.8 Å². The molecule has 0 amide bonds. The van der Waals surface area contributed by atoms with E-state index in [2.05, 4.69) is 15.4 Å². The summed E-state index contributed by atoms with van der Waals surface area (Å²) in [6.45, 7) is 0.719. The number of aryl methyl sites for hydroxylation is 1. The summed E-state index contributed by atoms with van der Waals surface area (Å²) < 4.78 is 1.83. The zero-order chi connectivity index (χ0) is 10.7. The van der Waals surface area contributed by atoms with E-state index in [4.69, 9.17) is 11.6 Å². The number of hydrogen-bond donors (Lipinski definition) is 1. The van der Waals surface area contributed by atoms with E-state index in [1.165, 1.54) is 0 Å². The van der Waals surface area contributed by atoms with Gasteiger partial charge in [0.15, 0.2) is 0 Å². The fourth-order valence-electron chi connectivity index (χ4n) is 1.28. The van der Waals surface area contributed by atoms with Gasteiger partial charge in [-0.2, -0.15) is 5.10 Å². The van der Waals surface area contributed by atoms with E-state index in [9.17, 15) is 0 Å². The summed E-state index contributed by atoms with van der Waals surface area (Å²) in [5.74, 6) is 0. The van der Waals surface area contributed by atoms with Gasteiger partial charge in [0.2, 0.25) is 0 Å². The van der Waals surface area contributed by atoms with Crippen LogP contribution in [0.25, 0.3) is 0 Å². The van der Waals surface area contributed by atoms with Crippen molar-refractivity contribution < 1.29 is 0 Å². The first-order valence-corrected chi connectivity index (χ1v) is 4.96. The molecule has 0 saturated carbocycles. The van der Waals surface area contributed by atoms with Gasteiger partial charge >= 0.3 is 0 Å². The summed E-state index contributed by atoms with van der Waals surface area (Å²) in [6, 6.07) is 5.63. The molecule has 2 heterocycles. The third-order valence-electron chi connectivity index (χ3n) is 2.12. The van der Waals surface area contributed by atoms with E-state index >= 15 is 0 Å². The van der Waals surface area contributed by atoms with Crippen molar-refractivity contribution in [3.05, 3.63) is 41.4 Å². The van der Waals surface area contributed by atoms with E-state index in [0.717, 1.165) is 17.9 Å². The van der Waals surface area contributed by atoms with E-state index in [1.807, 2.05) is 23.9 Å². The highest BCUT2D eigenvalue weighted by Gasteiger charge is 1.98. The van der Waals surface area contributed by atoms with Crippen LogP contribution in [-0.4, -0.2) is 14.8 Å². The molecule has 0 aliphatic carbocycles. The van der Waals surface area contributed by atoms with Crippen LogP contribution in [0.4, 0.5) is 5.69 Å². The normalized spacial score (nSPS) is 10.3. The van der Waals surface area contributed by atoms with Crippen LogP contribution in [0, 0.1) is 0 Å². The Balaban J connectivity index is 2.02. The van der Waals surface area contributed by atoms with Crippen LogP contribution in [0.15, 0.2) is 30.6 Å². The lowest BCUT2D eigenvalue weighted by atomic mass is 10.3. The highest BCUT2D eigenvalue weighted by atomic mass is 35.5. The molecule has 0 unspecified atom stereocenters. The predicted molar refractivity (Wildman–Crippen MR) is 59.8 cm³/mol. The van der Waals surface area contributed by atoms with E-state index in [-0.39, 0.29) is 0 Å². The minimum absolute atomic E-state index is 0.491. The third-order valence-corrected chi connectivity index (χ3v) is 2.33. The van der Waals surface area contributed by atoms with E-state index in [1.54, 1.807) is 18.5 Å².